The first-order valence-corrected chi connectivity index (χ1v) is 8.97. The van der Waals surface area contributed by atoms with Crippen molar-refractivity contribution in [3.8, 4) is 11.1 Å². The van der Waals surface area contributed by atoms with E-state index in [0.717, 1.165) is 11.1 Å². The van der Waals surface area contributed by atoms with Gasteiger partial charge < -0.3 is 9.72 Å². The predicted octanol–water partition coefficient (Wildman–Crippen LogP) is 4.51. The Labute approximate surface area is 161 Å². The lowest BCUT2D eigenvalue weighted by atomic mass is 10.0. The summed E-state index contributed by atoms with van der Waals surface area (Å²) < 4.78 is 5.50. The molecule has 1 heterocycles. The van der Waals surface area contributed by atoms with E-state index in [9.17, 15) is 9.59 Å². The number of hydrogen-bond acceptors (Lipinski definition) is 4. The number of carbonyl (C=O) groups is 1. The molecule has 0 saturated carbocycles. The number of ether oxygens (including phenoxy) is 1. The smallest absolute Gasteiger partial charge is 0.338 e. The van der Waals surface area contributed by atoms with Crippen LogP contribution in [-0.4, -0.2) is 15.9 Å². The van der Waals surface area contributed by atoms with Gasteiger partial charge in [-0.05, 0) is 42.3 Å². The lowest BCUT2D eigenvalue weighted by Gasteiger charge is -2.13. The van der Waals surface area contributed by atoms with Crippen LogP contribution in [0.2, 0.25) is 0 Å². The Kier molecular flexibility index (Phi) is 4.72. The molecule has 4 rings (SSSR count). The minimum atomic E-state index is -0.682. The number of aromatic amines is 1. The first-order valence-electron chi connectivity index (χ1n) is 8.97. The fourth-order valence-corrected chi connectivity index (χ4v) is 3.01. The minimum absolute atomic E-state index is 0.254. The number of nitrogens with zero attached hydrogens (tertiary/aromatic N) is 1. The highest BCUT2D eigenvalue weighted by molar-refractivity contribution is 5.90. The number of rotatable bonds is 4. The Morgan fingerprint density at radius 2 is 1.54 bits per heavy atom. The van der Waals surface area contributed by atoms with E-state index in [1.165, 1.54) is 0 Å². The van der Waals surface area contributed by atoms with Gasteiger partial charge in [0.25, 0.3) is 5.56 Å². The largest absolute Gasteiger partial charge is 0.451 e. The molecule has 5 heteroatoms. The average molecular weight is 370 g/mol. The van der Waals surface area contributed by atoms with Gasteiger partial charge in [0.15, 0.2) is 11.9 Å². The summed E-state index contributed by atoms with van der Waals surface area (Å²) in [5, 5.41) is 0.501. The molecule has 0 saturated heterocycles. The number of nitrogens with one attached hydrogen (secondary N) is 1. The number of aromatic nitrogens is 2. The fraction of sp³-hybridized carbons (Fsp3) is 0.0870. The first kappa shape index (κ1) is 17.7. The van der Waals surface area contributed by atoms with Gasteiger partial charge >= 0.3 is 5.97 Å². The highest BCUT2D eigenvalue weighted by atomic mass is 16.5. The van der Waals surface area contributed by atoms with Crippen LogP contribution < -0.4 is 5.56 Å². The molecule has 138 valence electrons. The van der Waals surface area contributed by atoms with Crippen molar-refractivity contribution in [1.82, 2.24) is 9.97 Å². The van der Waals surface area contributed by atoms with Crippen LogP contribution in [0.25, 0.3) is 22.0 Å². The quantitative estimate of drug-likeness (QED) is 0.537. The van der Waals surface area contributed by atoms with Gasteiger partial charge in [0.1, 0.15) is 0 Å². The SMILES string of the molecule is C[C@H](OC(=O)c1ccc(-c2ccccc2)cc1)c1nc2ccccc2c(=O)[nH]1. The topological polar surface area (TPSA) is 72.0 Å². The summed E-state index contributed by atoms with van der Waals surface area (Å²) in [7, 11) is 0. The number of esters is 1. The lowest BCUT2D eigenvalue weighted by molar-refractivity contribution is 0.0320. The molecular weight excluding hydrogens is 352 g/mol. The summed E-state index contributed by atoms with van der Waals surface area (Å²) in [5.41, 5.74) is 2.85. The Morgan fingerprint density at radius 3 is 2.29 bits per heavy atom. The molecule has 1 atom stereocenters. The van der Waals surface area contributed by atoms with E-state index in [1.807, 2.05) is 48.5 Å². The zero-order valence-electron chi connectivity index (χ0n) is 15.3. The molecule has 28 heavy (non-hydrogen) atoms. The maximum absolute atomic E-state index is 12.5. The molecule has 0 unspecified atom stereocenters. The van der Waals surface area contributed by atoms with Gasteiger partial charge in [0.2, 0.25) is 0 Å². The minimum Gasteiger partial charge on any atom is -0.451 e. The van der Waals surface area contributed by atoms with Gasteiger partial charge in [0, 0.05) is 0 Å². The maximum Gasteiger partial charge on any atom is 0.338 e. The molecule has 4 aromatic rings. The number of hydrogen-bond donors (Lipinski definition) is 1. The van der Waals surface area contributed by atoms with Crippen LogP contribution in [0.3, 0.4) is 0 Å². The summed E-state index contributed by atoms with van der Waals surface area (Å²) in [6, 6.07) is 24.2. The van der Waals surface area contributed by atoms with Crippen LogP contribution in [0.1, 0.15) is 29.2 Å². The van der Waals surface area contributed by atoms with E-state index in [2.05, 4.69) is 9.97 Å². The molecule has 0 aliphatic heterocycles. The number of carbonyl (C=O) groups excluding carboxylic acids is 1. The van der Waals surface area contributed by atoms with E-state index in [1.54, 1.807) is 37.3 Å². The van der Waals surface area contributed by atoms with Crippen LogP contribution in [0.5, 0.6) is 0 Å². The van der Waals surface area contributed by atoms with E-state index in [4.69, 9.17) is 4.74 Å². The van der Waals surface area contributed by atoms with Crippen LogP contribution >= 0.6 is 0 Å². The molecule has 0 radical (unpaired) electrons. The Hall–Kier alpha value is -3.73. The summed E-state index contributed by atoms with van der Waals surface area (Å²) in [4.78, 5) is 31.8. The standard InChI is InChI=1S/C23H18N2O3/c1-15(21-24-20-10-6-5-9-19(20)22(26)25-21)28-23(27)18-13-11-17(12-14-18)16-7-3-2-4-8-16/h2-15H,1H3,(H,24,25,26)/t15-/m0/s1. The second kappa shape index (κ2) is 7.48. The number of H-pyrrole nitrogens is 1. The average Bonchev–Trinajstić information content (AvgIpc) is 2.74. The third kappa shape index (κ3) is 3.55. The van der Waals surface area contributed by atoms with E-state index in [0.29, 0.717) is 22.3 Å². The van der Waals surface area contributed by atoms with Gasteiger partial charge in [-0.25, -0.2) is 9.78 Å². The van der Waals surface area contributed by atoms with Crippen LogP contribution in [0, 0.1) is 0 Å². The molecule has 0 aliphatic rings. The van der Waals surface area contributed by atoms with E-state index in [-0.39, 0.29) is 5.56 Å². The van der Waals surface area contributed by atoms with Crippen LogP contribution in [0.15, 0.2) is 83.7 Å². The van der Waals surface area contributed by atoms with Crippen LogP contribution in [-0.2, 0) is 4.74 Å². The number of benzene rings is 3. The second-order valence-electron chi connectivity index (χ2n) is 6.46. The second-order valence-corrected chi connectivity index (χ2v) is 6.46. The monoisotopic (exact) mass is 370 g/mol. The molecule has 0 spiro atoms. The molecule has 3 aromatic carbocycles. The van der Waals surface area contributed by atoms with Crippen molar-refractivity contribution in [2.45, 2.75) is 13.0 Å². The fourth-order valence-electron chi connectivity index (χ4n) is 3.01. The van der Waals surface area contributed by atoms with Crippen molar-refractivity contribution in [3.05, 3.63) is 101 Å². The van der Waals surface area contributed by atoms with E-state index >= 15 is 0 Å². The molecule has 1 aromatic heterocycles. The first-order chi connectivity index (χ1) is 13.6. The van der Waals surface area contributed by atoms with Crippen molar-refractivity contribution in [1.29, 1.82) is 0 Å². The summed E-state index contributed by atoms with van der Waals surface area (Å²) in [6.07, 6.45) is -0.682. The van der Waals surface area contributed by atoms with E-state index < -0.39 is 12.1 Å². The molecule has 0 aliphatic carbocycles. The van der Waals surface area contributed by atoms with Crippen LogP contribution in [0.4, 0.5) is 0 Å². The van der Waals surface area contributed by atoms with Gasteiger partial charge in [-0.3, -0.25) is 4.79 Å². The third-order valence-corrected chi connectivity index (χ3v) is 4.53. The number of fused-ring (bicyclic) bond motifs is 1. The molecular formula is C23H18N2O3. The highest BCUT2D eigenvalue weighted by Crippen LogP contribution is 2.21. The van der Waals surface area contributed by atoms with Crippen molar-refractivity contribution in [3.63, 3.8) is 0 Å². The van der Waals surface area contributed by atoms with Crippen molar-refractivity contribution in [2.75, 3.05) is 0 Å². The van der Waals surface area contributed by atoms with Crippen molar-refractivity contribution < 1.29 is 9.53 Å². The normalized spacial score (nSPS) is 11.9. The highest BCUT2D eigenvalue weighted by Gasteiger charge is 2.17. The molecule has 5 nitrogen and oxygen atoms in total. The van der Waals surface area contributed by atoms with Gasteiger partial charge in [-0.15, -0.1) is 0 Å². The van der Waals surface area contributed by atoms with Gasteiger partial charge in [-0.1, -0.05) is 54.6 Å². The molecule has 0 amide bonds. The predicted molar refractivity (Wildman–Crippen MR) is 108 cm³/mol. The molecule has 0 bridgehead atoms. The zero-order valence-corrected chi connectivity index (χ0v) is 15.3. The summed E-state index contributed by atoms with van der Waals surface area (Å²) >= 11 is 0. The lowest BCUT2D eigenvalue weighted by Crippen LogP contribution is -2.17. The Balaban J connectivity index is 1.52. The zero-order chi connectivity index (χ0) is 19.5. The van der Waals surface area contributed by atoms with Gasteiger partial charge in [0.05, 0.1) is 16.5 Å². The summed E-state index contributed by atoms with van der Waals surface area (Å²) in [6.45, 7) is 1.68. The molecule has 1 N–H and O–H groups in total. The third-order valence-electron chi connectivity index (χ3n) is 4.53. The maximum atomic E-state index is 12.5. The Morgan fingerprint density at radius 1 is 0.893 bits per heavy atom. The summed E-state index contributed by atoms with van der Waals surface area (Å²) in [5.74, 6) is -0.152. The Bertz CT molecular complexity index is 1180. The van der Waals surface area contributed by atoms with Crippen molar-refractivity contribution >= 4 is 16.9 Å². The van der Waals surface area contributed by atoms with Crippen molar-refractivity contribution in [2.24, 2.45) is 0 Å². The number of para-hydroxylation sites is 1. The molecule has 0 fully saturated rings. The van der Waals surface area contributed by atoms with Gasteiger partial charge in [-0.2, -0.15) is 0 Å².